The van der Waals surface area contributed by atoms with Gasteiger partial charge in [0.05, 0.1) is 18.0 Å². The number of aryl methyl sites for hydroxylation is 1. The highest BCUT2D eigenvalue weighted by molar-refractivity contribution is 7.15. The predicted molar refractivity (Wildman–Crippen MR) is 78.4 cm³/mol. The average molecular weight is 307 g/mol. The van der Waals surface area contributed by atoms with E-state index in [-0.39, 0.29) is 5.91 Å². The number of carbonyl (C=O) groups excluding carboxylic acids is 1. The van der Waals surface area contributed by atoms with Gasteiger partial charge >= 0.3 is 5.97 Å². The lowest BCUT2D eigenvalue weighted by Gasteiger charge is -2.30. The first-order valence-corrected chi connectivity index (χ1v) is 7.85. The third-order valence-corrected chi connectivity index (χ3v) is 4.75. The Kier molecular flexibility index (Phi) is 3.67. The molecule has 1 saturated heterocycles. The minimum absolute atomic E-state index is 0.00740. The van der Waals surface area contributed by atoms with Crippen LogP contribution in [0.4, 0.5) is 0 Å². The number of fused-ring (bicyclic) bond motifs is 1. The van der Waals surface area contributed by atoms with E-state index in [0.29, 0.717) is 25.9 Å². The van der Waals surface area contributed by atoms with E-state index in [1.807, 2.05) is 22.9 Å². The SMILES string of the molecule is Cc1cn2c(CC(=O)N3CCC[C@H](C(=O)O)C3)csc2n1. The van der Waals surface area contributed by atoms with Crippen LogP contribution in [-0.2, 0) is 16.0 Å². The van der Waals surface area contributed by atoms with Gasteiger partial charge in [-0.05, 0) is 19.8 Å². The largest absolute Gasteiger partial charge is 0.481 e. The quantitative estimate of drug-likeness (QED) is 0.934. The van der Waals surface area contributed by atoms with Gasteiger partial charge in [0.1, 0.15) is 0 Å². The topological polar surface area (TPSA) is 74.9 Å². The maximum Gasteiger partial charge on any atom is 0.308 e. The Hall–Kier alpha value is -1.89. The molecule has 112 valence electrons. The summed E-state index contributed by atoms with van der Waals surface area (Å²) in [6, 6.07) is 0. The molecule has 1 N–H and O–H groups in total. The van der Waals surface area contributed by atoms with Crippen LogP contribution in [0.1, 0.15) is 24.2 Å². The van der Waals surface area contributed by atoms with Crippen molar-refractivity contribution in [3.05, 3.63) is 23.0 Å². The van der Waals surface area contributed by atoms with E-state index >= 15 is 0 Å². The van der Waals surface area contributed by atoms with Crippen LogP contribution in [-0.4, -0.2) is 44.4 Å². The van der Waals surface area contributed by atoms with Crippen molar-refractivity contribution in [3.8, 4) is 0 Å². The van der Waals surface area contributed by atoms with Crippen LogP contribution in [0.5, 0.6) is 0 Å². The molecule has 0 aliphatic carbocycles. The smallest absolute Gasteiger partial charge is 0.308 e. The number of imidazole rings is 1. The van der Waals surface area contributed by atoms with Gasteiger partial charge < -0.3 is 10.0 Å². The van der Waals surface area contributed by atoms with E-state index in [2.05, 4.69) is 4.98 Å². The van der Waals surface area contributed by atoms with Gasteiger partial charge in [-0.1, -0.05) is 0 Å². The average Bonchev–Trinajstić information content (AvgIpc) is 2.99. The third-order valence-electron chi connectivity index (χ3n) is 3.86. The highest BCUT2D eigenvalue weighted by Crippen LogP contribution is 2.20. The number of hydrogen-bond donors (Lipinski definition) is 1. The number of aliphatic carboxylic acids is 1. The van der Waals surface area contributed by atoms with Crippen LogP contribution in [0.2, 0.25) is 0 Å². The van der Waals surface area contributed by atoms with Gasteiger partial charge in [0, 0.05) is 30.4 Å². The highest BCUT2D eigenvalue weighted by atomic mass is 32.1. The molecule has 3 rings (SSSR count). The van der Waals surface area contributed by atoms with Crippen molar-refractivity contribution >= 4 is 28.2 Å². The number of carbonyl (C=O) groups is 2. The van der Waals surface area contributed by atoms with Crippen molar-refractivity contribution in [2.45, 2.75) is 26.2 Å². The Morgan fingerprint density at radius 1 is 1.52 bits per heavy atom. The molecule has 0 saturated carbocycles. The fourth-order valence-corrected chi connectivity index (χ4v) is 3.66. The maximum absolute atomic E-state index is 12.4. The van der Waals surface area contributed by atoms with E-state index in [4.69, 9.17) is 5.11 Å². The second-order valence-electron chi connectivity index (χ2n) is 5.46. The number of piperidine rings is 1. The molecular weight excluding hydrogens is 290 g/mol. The number of carboxylic acid groups (broad SMARTS) is 1. The predicted octanol–water partition coefficient (Wildman–Crippen LogP) is 1.57. The van der Waals surface area contributed by atoms with E-state index in [1.165, 1.54) is 11.3 Å². The second-order valence-corrected chi connectivity index (χ2v) is 6.29. The van der Waals surface area contributed by atoms with Crippen molar-refractivity contribution in [3.63, 3.8) is 0 Å². The van der Waals surface area contributed by atoms with Crippen molar-refractivity contribution < 1.29 is 14.7 Å². The number of likely N-dealkylation sites (tertiary alicyclic amines) is 1. The summed E-state index contributed by atoms with van der Waals surface area (Å²) in [4.78, 5) is 30.4. The molecule has 0 radical (unpaired) electrons. The number of carboxylic acids is 1. The Morgan fingerprint density at radius 2 is 2.33 bits per heavy atom. The summed E-state index contributed by atoms with van der Waals surface area (Å²) in [7, 11) is 0. The fourth-order valence-electron chi connectivity index (χ4n) is 2.74. The van der Waals surface area contributed by atoms with E-state index in [0.717, 1.165) is 22.8 Å². The Labute approximate surface area is 126 Å². The van der Waals surface area contributed by atoms with Crippen LogP contribution in [0.25, 0.3) is 4.96 Å². The Balaban J connectivity index is 1.72. The molecule has 1 amide bonds. The zero-order chi connectivity index (χ0) is 15.0. The molecule has 1 fully saturated rings. The number of thiazole rings is 1. The molecule has 21 heavy (non-hydrogen) atoms. The van der Waals surface area contributed by atoms with Gasteiger partial charge in [-0.2, -0.15) is 0 Å². The molecule has 2 aromatic heterocycles. The van der Waals surface area contributed by atoms with E-state index in [1.54, 1.807) is 4.90 Å². The molecule has 0 bridgehead atoms. The first-order valence-electron chi connectivity index (χ1n) is 6.97. The number of hydrogen-bond acceptors (Lipinski definition) is 4. The molecule has 0 spiro atoms. The molecular formula is C14H17N3O3S. The maximum atomic E-state index is 12.4. The molecule has 3 heterocycles. The molecule has 1 aliphatic heterocycles. The molecule has 2 aromatic rings. The zero-order valence-corrected chi connectivity index (χ0v) is 12.6. The first kappa shape index (κ1) is 14.1. The number of nitrogens with zero attached hydrogens (tertiary/aromatic N) is 3. The van der Waals surface area contributed by atoms with Crippen LogP contribution >= 0.6 is 11.3 Å². The lowest BCUT2D eigenvalue weighted by molar-refractivity contribution is -0.145. The molecule has 0 unspecified atom stereocenters. The summed E-state index contributed by atoms with van der Waals surface area (Å²) in [5.41, 5.74) is 1.84. The van der Waals surface area contributed by atoms with E-state index < -0.39 is 11.9 Å². The van der Waals surface area contributed by atoms with Crippen molar-refractivity contribution in [2.24, 2.45) is 5.92 Å². The Bertz CT molecular complexity index is 691. The number of aromatic nitrogens is 2. The summed E-state index contributed by atoms with van der Waals surface area (Å²) < 4.78 is 1.94. The Morgan fingerprint density at radius 3 is 3.10 bits per heavy atom. The van der Waals surface area contributed by atoms with Gasteiger partial charge in [-0.3, -0.25) is 14.0 Å². The summed E-state index contributed by atoms with van der Waals surface area (Å²) in [6.07, 6.45) is 3.63. The summed E-state index contributed by atoms with van der Waals surface area (Å²) >= 11 is 1.52. The summed E-state index contributed by atoms with van der Waals surface area (Å²) in [5.74, 6) is -1.25. The lowest BCUT2D eigenvalue weighted by Crippen LogP contribution is -2.43. The summed E-state index contributed by atoms with van der Waals surface area (Å²) in [5, 5.41) is 11.0. The monoisotopic (exact) mass is 307 g/mol. The number of amides is 1. The minimum atomic E-state index is -0.810. The number of rotatable bonds is 3. The fraction of sp³-hybridized carbons (Fsp3) is 0.500. The van der Waals surface area contributed by atoms with Crippen LogP contribution in [0.3, 0.4) is 0 Å². The summed E-state index contributed by atoms with van der Waals surface area (Å²) in [6.45, 7) is 2.90. The van der Waals surface area contributed by atoms with E-state index in [9.17, 15) is 9.59 Å². The molecule has 0 aromatic carbocycles. The zero-order valence-electron chi connectivity index (χ0n) is 11.8. The molecule has 7 heteroatoms. The lowest BCUT2D eigenvalue weighted by atomic mass is 9.98. The molecule has 1 atom stereocenters. The molecule has 1 aliphatic rings. The van der Waals surface area contributed by atoms with Gasteiger partial charge in [0.15, 0.2) is 4.96 Å². The first-order chi connectivity index (χ1) is 10.0. The second kappa shape index (κ2) is 5.48. The van der Waals surface area contributed by atoms with Gasteiger partial charge in [-0.15, -0.1) is 11.3 Å². The third kappa shape index (κ3) is 2.78. The van der Waals surface area contributed by atoms with Crippen molar-refractivity contribution in [1.29, 1.82) is 0 Å². The van der Waals surface area contributed by atoms with Gasteiger partial charge in [0.25, 0.3) is 0 Å². The minimum Gasteiger partial charge on any atom is -0.481 e. The highest BCUT2D eigenvalue weighted by Gasteiger charge is 2.28. The van der Waals surface area contributed by atoms with Crippen LogP contribution < -0.4 is 0 Å². The van der Waals surface area contributed by atoms with Gasteiger partial charge in [-0.25, -0.2) is 4.98 Å². The normalized spacial score (nSPS) is 19.1. The van der Waals surface area contributed by atoms with Gasteiger partial charge in [0.2, 0.25) is 5.91 Å². The van der Waals surface area contributed by atoms with Crippen LogP contribution in [0.15, 0.2) is 11.6 Å². The van der Waals surface area contributed by atoms with Crippen LogP contribution in [0, 0.1) is 12.8 Å². The van der Waals surface area contributed by atoms with Crippen molar-refractivity contribution in [2.75, 3.05) is 13.1 Å². The van der Waals surface area contributed by atoms with Crippen molar-refractivity contribution in [1.82, 2.24) is 14.3 Å². The standard InChI is InChI=1S/C14H17N3O3S/c1-9-6-17-11(8-21-14(17)15-9)5-12(18)16-4-2-3-10(7-16)13(19)20/h6,8,10H,2-5,7H2,1H3,(H,19,20)/t10-/m0/s1. The molecule has 6 nitrogen and oxygen atoms in total.